The van der Waals surface area contributed by atoms with Gasteiger partial charge in [0.1, 0.15) is 18.1 Å². The van der Waals surface area contributed by atoms with Gasteiger partial charge in [-0.05, 0) is 29.4 Å². The normalized spacial score (nSPS) is 14.3. The Balaban J connectivity index is 2.18. The quantitative estimate of drug-likeness (QED) is 0.255. The Bertz CT molecular complexity index is 1060. The number of aliphatic carboxylic acids is 1. The van der Waals surface area contributed by atoms with Crippen molar-refractivity contribution >= 4 is 23.7 Å². The van der Waals surface area contributed by atoms with Gasteiger partial charge in [-0.2, -0.15) is 0 Å². The molecule has 0 bridgehead atoms. The molecule has 0 radical (unpaired) electrons. The molecule has 3 amide bonds. The zero-order valence-corrected chi connectivity index (χ0v) is 22.5. The van der Waals surface area contributed by atoms with E-state index in [1.165, 1.54) is 0 Å². The second kappa shape index (κ2) is 14.9. The molecule has 9 nitrogen and oxygen atoms in total. The molecule has 0 aromatic heterocycles. The van der Waals surface area contributed by atoms with Crippen LogP contribution in [0.4, 0.5) is 0 Å². The lowest BCUT2D eigenvalue weighted by atomic mass is 9.99. The van der Waals surface area contributed by atoms with Gasteiger partial charge in [-0.25, -0.2) is 4.79 Å². The van der Waals surface area contributed by atoms with E-state index in [0.717, 1.165) is 11.1 Å². The monoisotopic (exact) mass is 524 g/mol. The standard InChI is InChI=1S/C29H40N4O5/c1-18(2)15-22(30)26(34)31-23(16-20-11-7-5-8-12-20)27(35)33-25(19(3)4)28(36)32-24(29(37)38)17-21-13-9-6-10-14-21/h5-14,18-19,22-25H,15-17,30H2,1-4H3,(H,31,34)(H,32,36)(H,33,35)(H,37,38)/t22-,23-,24-,25-/m0/s1. The minimum absolute atomic E-state index is 0.0983. The number of carboxylic acids is 1. The summed E-state index contributed by atoms with van der Waals surface area (Å²) in [5.74, 6) is -2.94. The molecule has 0 unspecified atom stereocenters. The van der Waals surface area contributed by atoms with Gasteiger partial charge in [0, 0.05) is 12.8 Å². The Morgan fingerprint density at radius 3 is 1.63 bits per heavy atom. The van der Waals surface area contributed by atoms with Crippen molar-refractivity contribution in [2.24, 2.45) is 17.6 Å². The summed E-state index contributed by atoms with van der Waals surface area (Å²) in [7, 11) is 0. The maximum Gasteiger partial charge on any atom is 0.326 e. The van der Waals surface area contributed by atoms with Gasteiger partial charge in [0.25, 0.3) is 0 Å². The molecule has 0 heterocycles. The topological polar surface area (TPSA) is 151 Å². The summed E-state index contributed by atoms with van der Waals surface area (Å²) in [5.41, 5.74) is 7.62. The summed E-state index contributed by atoms with van der Waals surface area (Å²) in [5, 5.41) is 17.7. The molecule has 9 heteroatoms. The molecule has 6 N–H and O–H groups in total. The van der Waals surface area contributed by atoms with Gasteiger partial charge in [0.15, 0.2) is 0 Å². The number of hydrogen-bond donors (Lipinski definition) is 5. The highest BCUT2D eigenvalue weighted by atomic mass is 16.4. The summed E-state index contributed by atoms with van der Waals surface area (Å²) in [6.07, 6.45) is 0.757. The highest BCUT2D eigenvalue weighted by Crippen LogP contribution is 2.10. The molecule has 4 atom stereocenters. The number of hydrogen-bond acceptors (Lipinski definition) is 5. The molecular weight excluding hydrogens is 484 g/mol. The predicted molar refractivity (Wildman–Crippen MR) is 146 cm³/mol. The van der Waals surface area contributed by atoms with Crippen molar-refractivity contribution in [1.29, 1.82) is 0 Å². The fraction of sp³-hybridized carbons (Fsp3) is 0.448. The number of carboxylic acid groups (broad SMARTS) is 1. The predicted octanol–water partition coefficient (Wildman–Crippen LogP) is 2.04. The number of carbonyl (C=O) groups is 4. The molecule has 0 aliphatic rings. The van der Waals surface area contributed by atoms with E-state index in [2.05, 4.69) is 16.0 Å². The number of nitrogens with one attached hydrogen (secondary N) is 3. The van der Waals surface area contributed by atoms with Crippen molar-refractivity contribution in [3.05, 3.63) is 71.8 Å². The van der Waals surface area contributed by atoms with E-state index in [-0.39, 0.29) is 24.7 Å². The second-order valence-corrected chi connectivity index (χ2v) is 10.3. The van der Waals surface area contributed by atoms with Crippen LogP contribution in [0.25, 0.3) is 0 Å². The van der Waals surface area contributed by atoms with Crippen LogP contribution in [0.1, 0.15) is 45.2 Å². The Morgan fingerprint density at radius 1 is 0.711 bits per heavy atom. The van der Waals surface area contributed by atoms with E-state index in [9.17, 15) is 24.3 Å². The first-order chi connectivity index (χ1) is 18.0. The van der Waals surface area contributed by atoms with Crippen LogP contribution < -0.4 is 21.7 Å². The van der Waals surface area contributed by atoms with Crippen LogP contribution in [0.5, 0.6) is 0 Å². The zero-order valence-electron chi connectivity index (χ0n) is 22.5. The molecule has 38 heavy (non-hydrogen) atoms. The first kappa shape index (κ1) is 30.5. The average molecular weight is 525 g/mol. The first-order valence-corrected chi connectivity index (χ1v) is 12.9. The summed E-state index contributed by atoms with van der Waals surface area (Å²) in [6, 6.07) is 14.2. The molecule has 0 aliphatic carbocycles. The number of amides is 3. The summed E-state index contributed by atoms with van der Waals surface area (Å²) >= 11 is 0. The van der Waals surface area contributed by atoms with Crippen molar-refractivity contribution in [1.82, 2.24) is 16.0 Å². The van der Waals surface area contributed by atoms with Gasteiger partial charge < -0.3 is 26.8 Å². The Labute approximate surface area is 224 Å². The van der Waals surface area contributed by atoms with Crippen molar-refractivity contribution < 1.29 is 24.3 Å². The average Bonchev–Trinajstić information content (AvgIpc) is 2.86. The third-order valence-corrected chi connectivity index (χ3v) is 6.12. The highest BCUT2D eigenvalue weighted by Gasteiger charge is 2.32. The van der Waals surface area contributed by atoms with Gasteiger partial charge in [-0.15, -0.1) is 0 Å². The van der Waals surface area contributed by atoms with E-state index in [0.29, 0.717) is 6.42 Å². The lowest BCUT2D eigenvalue weighted by Gasteiger charge is -2.27. The Kier molecular flexibility index (Phi) is 11.9. The molecule has 206 valence electrons. The van der Waals surface area contributed by atoms with Crippen molar-refractivity contribution in [3.8, 4) is 0 Å². The molecule has 0 aliphatic heterocycles. The highest BCUT2D eigenvalue weighted by molar-refractivity contribution is 5.94. The van der Waals surface area contributed by atoms with Gasteiger partial charge >= 0.3 is 5.97 Å². The van der Waals surface area contributed by atoms with E-state index >= 15 is 0 Å². The molecule has 2 aromatic rings. The molecule has 0 saturated carbocycles. The van der Waals surface area contributed by atoms with Gasteiger partial charge in [0.2, 0.25) is 17.7 Å². The molecule has 2 aromatic carbocycles. The Hall–Kier alpha value is -3.72. The summed E-state index contributed by atoms with van der Waals surface area (Å²) in [6.45, 7) is 7.41. The molecule has 0 spiro atoms. The lowest BCUT2D eigenvalue weighted by Crippen LogP contribution is -2.59. The molecule has 0 saturated heterocycles. The van der Waals surface area contributed by atoms with Crippen LogP contribution in [0.2, 0.25) is 0 Å². The zero-order chi connectivity index (χ0) is 28.2. The van der Waals surface area contributed by atoms with E-state index in [1.807, 2.05) is 50.2 Å². The van der Waals surface area contributed by atoms with Crippen LogP contribution >= 0.6 is 0 Å². The number of rotatable bonds is 14. The minimum atomic E-state index is -1.18. The van der Waals surface area contributed by atoms with Gasteiger partial charge in [-0.1, -0.05) is 88.4 Å². The molecule has 0 fully saturated rings. The second-order valence-electron chi connectivity index (χ2n) is 10.3. The molecule has 2 rings (SSSR count). The van der Waals surface area contributed by atoms with Gasteiger partial charge in [-0.3, -0.25) is 14.4 Å². The van der Waals surface area contributed by atoms with Crippen LogP contribution in [-0.4, -0.2) is 53.0 Å². The van der Waals surface area contributed by atoms with Crippen molar-refractivity contribution in [2.45, 2.75) is 71.1 Å². The fourth-order valence-electron chi connectivity index (χ4n) is 4.05. The van der Waals surface area contributed by atoms with Crippen LogP contribution in [0, 0.1) is 11.8 Å². The molecular formula is C29H40N4O5. The van der Waals surface area contributed by atoms with Gasteiger partial charge in [0.05, 0.1) is 6.04 Å². The van der Waals surface area contributed by atoms with Crippen LogP contribution in [0.15, 0.2) is 60.7 Å². The van der Waals surface area contributed by atoms with Crippen molar-refractivity contribution in [3.63, 3.8) is 0 Å². The summed E-state index contributed by atoms with van der Waals surface area (Å²) in [4.78, 5) is 51.2. The smallest absolute Gasteiger partial charge is 0.326 e. The first-order valence-electron chi connectivity index (χ1n) is 12.9. The minimum Gasteiger partial charge on any atom is -0.480 e. The van der Waals surface area contributed by atoms with Crippen LogP contribution in [0.3, 0.4) is 0 Å². The van der Waals surface area contributed by atoms with E-state index < -0.39 is 47.9 Å². The number of carbonyl (C=O) groups excluding carboxylic acids is 3. The fourth-order valence-corrected chi connectivity index (χ4v) is 4.05. The van der Waals surface area contributed by atoms with E-state index in [4.69, 9.17) is 5.73 Å². The third kappa shape index (κ3) is 9.97. The third-order valence-electron chi connectivity index (χ3n) is 6.12. The van der Waals surface area contributed by atoms with Crippen LogP contribution in [-0.2, 0) is 32.0 Å². The maximum absolute atomic E-state index is 13.4. The maximum atomic E-state index is 13.4. The number of nitrogens with two attached hydrogens (primary N) is 1. The summed E-state index contributed by atoms with van der Waals surface area (Å²) < 4.78 is 0. The SMILES string of the molecule is CC(C)C[C@H](N)C(=O)N[C@@H](Cc1ccccc1)C(=O)N[C@H](C(=O)N[C@@H](Cc1ccccc1)C(=O)O)C(C)C. The number of benzene rings is 2. The van der Waals surface area contributed by atoms with Crippen molar-refractivity contribution in [2.75, 3.05) is 0 Å². The van der Waals surface area contributed by atoms with E-state index in [1.54, 1.807) is 38.1 Å². The Morgan fingerprint density at radius 2 is 1.18 bits per heavy atom. The lowest BCUT2D eigenvalue weighted by molar-refractivity contribution is -0.142. The largest absolute Gasteiger partial charge is 0.480 e.